The molecule has 3 aromatic carbocycles. The number of nitrogens with zero attached hydrogens (tertiary/aromatic N) is 3. The molecule has 0 saturated heterocycles. The maximum Gasteiger partial charge on any atom is 0.264 e. The number of methoxy groups -OCH3 is 1. The standard InChI is InChI=1S/C26H26N4O4S/c1-20-7-13-24(14-8-20)35(32,33)30(22-9-11-23(34-2)12-10-22)18-26(31)28-17-21-5-3-4-6-25(21)29-16-15-27-19-29/h3-16,19H,17-18H2,1-2H3,(H,28,31). The second-order valence-corrected chi connectivity index (χ2v) is 9.76. The van der Waals surface area contributed by atoms with Crippen molar-refractivity contribution < 1.29 is 17.9 Å². The van der Waals surface area contributed by atoms with E-state index in [-0.39, 0.29) is 18.0 Å². The zero-order valence-corrected chi connectivity index (χ0v) is 20.3. The predicted molar refractivity (Wildman–Crippen MR) is 134 cm³/mol. The Morgan fingerprint density at radius 3 is 2.40 bits per heavy atom. The summed E-state index contributed by atoms with van der Waals surface area (Å²) in [5.41, 5.74) is 3.05. The van der Waals surface area contributed by atoms with Crippen LogP contribution in [-0.2, 0) is 21.4 Å². The highest BCUT2D eigenvalue weighted by Crippen LogP contribution is 2.26. The van der Waals surface area contributed by atoms with Crippen molar-refractivity contribution in [3.05, 3.63) is 103 Å². The molecular weight excluding hydrogens is 464 g/mol. The maximum absolute atomic E-state index is 13.5. The van der Waals surface area contributed by atoms with Gasteiger partial charge in [0.25, 0.3) is 10.0 Å². The lowest BCUT2D eigenvalue weighted by Gasteiger charge is -2.24. The number of para-hydroxylation sites is 1. The summed E-state index contributed by atoms with van der Waals surface area (Å²) in [4.78, 5) is 17.2. The predicted octanol–water partition coefficient (Wildman–Crippen LogP) is 3.70. The Hall–Kier alpha value is -4.11. The molecule has 0 fully saturated rings. The summed E-state index contributed by atoms with van der Waals surface area (Å²) < 4.78 is 35.2. The van der Waals surface area contributed by atoms with Crippen LogP contribution in [0, 0.1) is 6.92 Å². The highest BCUT2D eigenvalue weighted by Gasteiger charge is 2.27. The number of hydrogen-bond acceptors (Lipinski definition) is 5. The Balaban J connectivity index is 1.58. The number of benzene rings is 3. The van der Waals surface area contributed by atoms with Gasteiger partial charge in [0, 0.05) is 18.9 Å². The minimum Gasteiger partial charge on any atom is -0.497 e. The molecule has 35 heavy (non-hydrogen) atoms. The normalized spacial score (nSPS) is 11.1. The highest BCUT2D eigenvalue weighted by atomic mass is 32.2. The van der Waals surface area contributed by atoms with Crippen LogP contribution >= 0.6 is 0 Å². The van der Waals surface area contributed by atoms with Gasteiger partial charge in [-0.05, 0) is 55.0 Å². The SMILES string of the molecule is COc1ccc(N(CC(=O)NCc2ccccc2-n2ccnc2)S(=O)(=O)c2ccc(C)cc2)cc1. The van der Waals surface area contributed by atoms with E-state index in [1.165, 1.54) is 7.11 Å². The van der Waals surface area contributed by atoms with E-state index in [2.05, 4.69) is 10.3 Å². The monoisotopic (exact) mass is 490 g/mol. The van der Waals surface area contributed by atoms with Gasteiger partial charge in [0.1, 0.15) is 12.3 Å². The van der Waals surface area contributed by atoms with Crippen LogP contribution in [0.4, 0.5) is 5.69 Å². The molecule has 1 N–H and O–H groups in total. The first-order chi connectivity index (χ1) is 16.9. The van der Waals surface area contributed by atoms with Gasteiger partial charge in [0.15, 0.2) is 0 Å². The van der Waals surface area contributed by atoms with Crippen LogP contribution in [0.1, 0.15) is 11.1 Å². The van der Waals surface area contributed by atoms with Crippen molar-refractivity contribution in [3.8, 4) is 11.4 Å². The number of sulfonamides is 1. The number of ether oxygens (including phenoxy) is 1. The van der Waals surface area contributed by atoms with Crippen LogP contribution in [0.3, 0.4) is 0 Å². The number of imidazole rings is 1. The van der Waals surface area contributed by atoms with Gasteiger partial charge < -0.3 is 14.6 Å². The minimum absolute atomic E-state index is 0.108. The van der Waals surface area contributed by atoms with Gasteiger partial charge in [-0.2, -0.15) is 0 Å². The van der Waals surface area contributed by atoms with E-state index in [0.29, 0.717) is 11.4 Å². The molecule has 0 spiro atoms. The van der Waals surface area contributed by atoms with Crippen LogP contribution in [-0.4, -0.2) is 37.5 Å². The van der Waals surface area contributed by atoms with Crippen LogP contribution in [0.5, 0.6) is 5.75 Å². The molecule has 0 radical (unpaired) electrons. The average molecular weight is 491 g/mol. The van der Waals surface area contributed by atoms with Gasteiger partial charge in [0.2, 0.25) is 5.91 Å². The summed E-state index contributed by atoms with van der Waals surface area (Å²) in [6.45, 7) is 1.73. The first-order valence-corrected chi connectivity index (χ1v) is 12.4. The third-order valence-electron chi connectivity index (χ3n) is 5.51. The molecule has 0 aliphatic rings. The van der Waals surface area contributed by atoms with Crippen molar-refractivity contribution >= 4 is 21.6 Å². The summed E-state index contributed by atoms with van der Waals surface area (Å²) in [7, 11) is -2.46. The lowest BCUT2D eigenvalue weighted by atomic mass is 10.1. The Morgan fingerprint density at radius 2 is 1.74 bits per heavy atom. The largest absolute Gasteiger partial charge is 0.497 e. The summed E-state index contributed by atoms with van der Waals surface area (Å²) in [5.74, 6) is 0.152. The first-order valence-electron chi connectivity index (χ1n) is 10.9. The Bertz CT molecular complexity index is 1380. The van der Waals surface area contributed by atoms with E-state index < -0.39 is 15.9 Å². The van der Waals surface area contributed by atoms with Crippen LogP contribution in [0.15, 0.2) is 96.4 Å². The van der Waals surface area contributed by atoms with Gasteiger partial charge >= 0.3 is 0 Å². The third-order valence-corrected chi connectivity index (χ3v) is 7.29. The molecule has 0 aliphatic carbocycles. The number of carbonyl (C=O) groups is 1. The third kappa shape index (κ3) is 5.52. The van der Waals surface area contributed by atoms with Gasteiger partial charge in [0.05, 0.1) is 29.7 Å². The molecule has 9 heteroatoms. The molecule has 0 aliphatic heterocycles. The van der Waals surface area contributed by atoms with E-state index in [0.717, 1.165) is 21.1 Å². The summed E-state index contributed by atoms with van der Waals surface area (Å²) in [6.07, 6.45) is 5.18. The fraction of sp³-hybridized carbons (Fsp3) is 0.154. The molecule has 1 amide bonds. The number of aryl methyl sites for hydroxylation is 1. The summed E-state index contributed by atoms with van der Waals surface area (Å²) >= 11 is 0. The minimum atomic E-state index is -3.99. The number of rotatable bonds is 9. The molecule has 1 aromatic heterocycles. The summed E-state index contributed by atoms with van der Waals surface area (Å²) in [5, 5.41) is 2.85. The number of aromatic nitrogens is 2. The molecule has 4 aromatic rings. The van der Waals surface area contributed by atoms with Crippen molar-refractivity contribution in [1.29, 1.82) is 0 Å². The smallest absolute Gasteiger partial charge is 0.264 e. The number of carbonyl (C=O) groups excluding carboxylic acids is 1. The Labute approximate surface area is 204 Å². The maximum atomic E-state index is 13.5. The van der Waals surface area contributed by atoms with Crippen LogP contribution < -0.4 is 14.4 Å². The second kappa shape index (κ2) is 10.4. The van der Waals surface area contributed by atoms with Crippen molar-refractivity contribution in [2.24, 2.45) is 0 Å². The molecular formula is C26H26N4O4S. The molecule has 0 atom stereocenters. The topological polar surface area (TPSA) is 93.5 Å². The number of anilines is 1. The lowest BCUT2D eigenvalue weighted by molar-refractivity contribution is -0.119. The average Bonchev–Trinajstić information content (AvgIpc) is 3.41. The lowest BCUT2D eigenvalue weighted by Crippen LogP contribution is -2.40. The van der Waals surface area contributed by atoms with Crippen molar-refractivity contribution in [2.45, 2.75) is 18.4 Å². The fourth-order valence-electron chi connectivity index (χ4n) is 3.59. The number of hydrogen-bond donors (Lipinski definition) is 1. The zero-order chi connectivity index (χ0) is 24.8. The van der Waals surface area contributed by atoms with E-state index in [1.807, 2.05) is 42.0 Å². The van der Waals surface area contributed by atoms with E-state index in [4.69, 9.17) is 4.74 Å². The quantitative estimate of drug-likeness (QED) is 0.386. The molecule has 1 heterocycles. The Morgan fingerprint density at radius 1 is 1.03 bits per heavy atom. The molecule has 0 saturated carbocycles. The first kappa shape index (κ1) is 24.0. The molecule has 0 unspecified atom stereocenters. The molecule has 4 rings (SSSR count). The van der Waals surface area contributed by atoms with Gasteiger partial charge in [-0.3, -0.25) is 9.10 Å². The van der Waals surface area contributed by atoms with Crippen molar-refractivity contribution in [1.82, 2.24) is 14.9 Å². The Kier molecular flexibility index (Phi) is 7.17. The van der Waals surface area contributed by atoms with Crippen LogP contribution in [0.25, 0.3) is 5.69 Å². The number of nitrogens with one attached hydrogen (secondary N) is 1. The van der Waals surface area contributed by atoms with Crippen LogP contribution in [0.2, 0.25) is 0 Å². The molecule has 0 bridgehead atoms. The van der Waals surface area contributed by atoms with Gasteiger partial charge in [-0.25, -0.2) is 13.4 Å². The van der Waals surface area contributed by atoms with Gasteiger partial charge in [-0.1, -0.05) is 35.9 Å². The van der Waals surface area contributed by atoms with E-state index >= 15 is 0 Å². The zero-order valence-electron chi connectivity index (χ0n) is 19.5. The van der Waals surface area contributed by atoms with Crippen molar-refractivity contribution in [2.75, 3.05) is 18.0 Å². The second-order valence-electron chi connectivity index (χ2n) is 7.90. The molecule has 180 valence electrons. The van der Waals surface area contributed by atoms with Crippen molar-refractivity contribution in [3.63, 3.8) is 0 Å². The highest BCUT2D eigenvalue weighted by molar-refractivity contribution is 7.92. The van der Waals surface area contributed by atoms with E-state index in [1.54, 1.807) is 61.1 Å². The summed E-state index contributed by atoms with van der Waals surface area (Å²) in [6, 6.07) is 20.7. The fourth-order valence-corrected chi connectivity index (χ4v) is 5.02. The molecule has 8 nitrogen and oxygen atoms in total. The van der Waals surface area contributed by atoms with Gasteiger partial charge in [-0.15, -0.1) is 0 Å². The van der Waals surface area contributed by atoms with E-state index in [9.17, 15) is 13.2 Å². The number of amides is 1.